The quantitative estimate of drug-likeness (QED) is 0.246. The molecular formula is C28H24N2O3. The predicted molar refractivity (Wildman–Crippen MR) is 129 cm³/mol. The number of amides is 1. The van der Waals surface area contributed by atoms with Gasteiger partial charge in [0, 0.05) is 34.3 Å². The van der Waals surface area contributed by atoms with E-state index < -0.39 is 17.7 Å². The maximum Gasteiger partial charge on any atom is 0.295 e. The molecule has 1 atom stereocenters. The number of hydrogen-bond acceptors (Lipinski definition) is 3. The van der Waals surface area contributed by atoms with E-state index in [4.69, 9.17) is 0 Å². The molecule has 0 spiro atoms. The second kappa shape index (κ2) is 7.62. The van der Waals surface area contributed by atoms with Gasteiger partial charge in [-0.15, -0.1) is 0 Å². The van der Waals surface area contributed by atoms with Crippen LogP contribution in [-0.4, -0.2) is 32.7 Å². The zero-order chi connectivity index (χ0) is 22.5. The molecule has 1 unspecified atom stereocenters. The number of hydrogen-bond donors (Lipinski definition) is 2. The highest BCUT2D eigenvalue weighted by molar-refractivity contribution is 6.46. The summed E-state index contributed by atoms with van der Waals surface area (Å²) in [7, 11) is 0. The lowest BCUT2D eigenvalue weighted by atomic mass is 9.93. The fraction of sp³-hybridized carbons (Fsp3) is 0.214. The summed E-state index contributed by atoms with van der Waals surface area (Å²) in [6.07, 6.45) is 5.71. The molecule has 0 bridgehead atoms. The molecule has 5 nitrogen and oxygen atoms in total. The lowest BCUT2D eigenvalue weighted by Crippen LogP contribution is -2.37. The second-order valence-corrected chi connectivity index (χ2v) is 9.00. The first-order valence-electron chi connectivity index (χ1n) is 11.5. The van der Waals surface area contributed by atoms with Gasteiger partial charge < -0.3 is 15.0 Å². The molecule has 6 rings (SSSR count). The Morgan fingerprint density at radius 3 is 2.45 bits per heavy atom. The molecule has 1 saturated heterocycles. The lowest BCUT2D eigenvalue weighted by Gasteiger charge is -2.30. The number of aromatic nitrogens is 1. The average Bonchev–Trinajstić information content (AvgIpc) is 3.57. The van der Waals surface area contributed by atoms with Gasteiger partial charge in [0.15, 0.2) is 0 Å². The number of benzene rings is 3. The molecule has 1 amide bonds. The summed E-state index contributed by atoms with van der Waals surface area (Å²) in [6, 6.07) is 20.8. The number of carbonyl (C=O) groups is 2. The molecule has 4 aromatic rings. The number of nitrogens with one attached hydrogen (secondary N) is 1. The third-order valence-electron chi connectivity index (χ3n) is 7.14. The van der Waals surface area contributed by atoms with Crippen LogP contribution < -0.4 is 0 Å². The van der Waals surface area contributed by atoms with Crippen LogP contribution in [0.2, 0.25) is 0 Å². The summed E-state index contributed by atoms with van der Waals surface area (Å²) in [6.45, 7) is 0. The molecule has 2 heterocycles. The van der Waals surface area contributed by atoms with E-state index in [0.29, 0.717) is 5.56 Å². The molecule has 164 valence electrons. The van der Waals surface area contributed by atoms with Crippen molar-refractivity contribution in [2.75, 3.05) is 0 Å². The van der Waals surface area contributed by atoms with Gasteiger partial charge >= 0.3 is 0 Å². The van der Waals surface area contributed by atoms with E-state index in [1.165, 1.54) is 0 Å². The molecule has 5 heteroatoms. The number of rotatable bonds is 3. The first-order chi connectivity index (χ1) is 16.1. The van der Waals surface area contributed by atoms with E-state index in [2.05, 4.69) is 4.98 Å². The van der Waals surface area contributed by atoms with Gasteiger partial charge in [-0.25, -0.2) is 0 Å². The number of fused-ring (bicyclic) bond motifs is 2. The summed E-state index contributed by atoms with van der Waals surface area (Å²) in [4.78, 5) is 31.7. The maximum atomic E-state index is 13.4. The Labute approximate surface area is 191 Å². The number of Topliss-reactive ketones (excluding diaryl/α,β-unsaturated/α-hetero) is 1. The number of likely N-dealkylation sites (tertiary alicyclic amines) is 1. The van der Waals surface area contributed by atoms with Crippen LogP contribution in [-0.2, 0) is 9.59 Å². The third-order valence-corrected chi connectivity index (χ3v) is 7.14. The first kappa shape index (κ1) is 19.8. The summed E-state index contributed by atoms with van der Waals surface area (Å²) < 4.78 is 0. The van der Waals surface area contributed by atoms with Crippen molar-refractivity contribution in [3.8, 4) is 0 Å². The summed E-state index contributed by atoms with van der Waals surface area (Å²) in [5.74, 6) is -1.24. The number of aliphatic hydroxyl groups excluding tert-OH is 1. The summed E-state index contributed by atoms with van der Waals surface area (Å²) >= 11 is 0. The zero-order valence-electron chi connectivity index (χ0n) is 18.1. The monoisotopic (exact) mass is 436 g/mol. The van der Waals surface area contributed by atoms with Crippen LogP contribution in [0.1, 0.15) is 42.9 Å². The molecule has 2 N–H and O–H groups in total. The number of aliphatic hydroxyl groups is 1. The maximum absolute atomic E-state index is 13.4. The summed E-state index contributed by atoms with van der Waals surface area (Å²) in [5, 5.41) is 14.4. The van der Waals surface area contributed by atoms with Crippen molar-refractivity contribution < 1.29 is 14.7 Å². The molecule has 2 aliphatic rings. The average molecular weight is 437 g/mol. The van der Waals surface area contributed by atoms with Crippen LogP contribution in [0.25, 0.3) is 27.4 Å². The molecule has 1 aromatic heterocycles. The lowest BCUT2D eigenvalue weighted by molar-refractivity contribution is -0.141. The summed E-state index contributed by atoms with van der Waals surface area (Å²) in [5.41, 5.74) is 2.50. The number of aromatic amines is 1. The molecule has 1 aliphatic heterocycles. The molecule has 3 aromatic carbocycles. The topological polar surface area (TPSA) is 73.4 Å². The minimum atomic E-state index is -0.615. The molecule has 1 saturated carbocycles. The Bertz CT molecular complexity index is 1440. The van der Waals surface area contributed by atoms with Crippen molar-refractivity contribution in [1.82, 2.24) is 9.88 Å². The van der Waals surface area contributed by atoms with Crippen LogP contribution in [0.3, 0.4) is 0 Å². The molecular weight excluding hydrogens is 412 g/mol. The van der Waals surface area contributed by atoms with Gasteiger partial charge in [-0.3, -0.25) is 9.59 Å². The second-order valence-electron chi connectivity index (χ2n) is 9.00. The Morgan fingerprint density at radius 1 is 0.909 bits per heavy atom. The van der Waals surface area contributed by atoms with Crippen molar-refractivity contribution >= 4 is 39.1 Å². The highest BCUT2D eigenvalue weighted by Crippen LogP contribution is 2.45. The molecule has 0 radical (unpaired) electrons. The van der Waals surface area contributed by atoms with Crippen LogP contribution in [0.4, 0.5) is 0 Å². The van der Waals surface area contributed by atoms with Gasteiger partial charge in [-0.05, 0) is 35.7 Å². The minimum absolute atomic E-state index is 0.00187. The minimum Gasteiger partial charge on any atom is -0.507 e. The van der Waals surface area contributed by atoms with Crippen LogP contribution in [0.15, 0.2) is 78.5 Å². The van der Waals surface area contributed by atoms with Crippen LogP contribution in [0.5, 0.6) is 0 Å². The number of para-hydroxylation sites is 1. The molecule has 33 heavy (non-hydrogen) atoms. The highest BCUT2D eigenvalue weighted by atomic mass is 16.3. The number of ketones is 1. The van der Waals surface area contributed by atoms with E-state index in [0.717, 1.165) is 52.9 Å². The molecule has 1 aliphatic carbocycles. The van der Waals surface area contributed by atoms with Crippen molar-refractivity contribution in [2.45, 2.75) is 37.8 Å². The van der Waals surface area contributed by atoms with Crippen LogP contribution >= 0.6 is 0 Å². The van der Waals surface area contributed by atoms with Crippen molar-refractivity contribution in [3.05, 3.63) is 89.6 Å². The van der Waals surface area contributed by atoms with Gasteiger partial charge in [0.25, 0.3) is 11.7 Å². The van der Waals surface area contributed by atoms with E-state index in [1.807, 2.05) is 72.9 Å². The van der Waals surface area contributed by atoms with Crippen molar-refractivity contribution in [2.24, 2.45) is 0 Å². The normalized spacial score (nSPS) is 21.0. The van der Waals surface area contributed by atoms with Crippen molar-refractivity contribution in [3.63, 3.8) is 0 Å². The number of carbonyl (C=O) groups excluding carboxylic acids is 2. The number of H-pyrrole nitrogens is 1. The Kier molecular flexibility index (Phi) is 4.57. The Morgan fingerprint density at radius 2 is 1.64 bits per heavy atom. The Balaban J connectivity index is 1.57. The standard InChI is InChI=1S/C28H24N2O3/c31-26(19-14-13-17-7-1-2-8-18(17)15-19)24-25(22-16-29-23-12-6-5-11-21(22)23)30(28(33)27(24)32)20-9-3-4-10-20/h1-2,5-8,11-16,20,25,29,31H,3-4,9-10H2/b26-24+. The SMILES string of the molecule is O=C1C(=O)N(C2CCCC2)C(c2c[nH]c3ccccc23)/C1=C(\O)c1ccc2ccccc2c1. The van der Waals surface area contributed by atoms with Gasteiger partial charge in [-0.2, -0.15) is 0 Å². The van der Waals surface area contributed by atoms with Gasteiger partial charge in [0.1, 0.15) is 5.76 Å². The number of nitrogens with zero attached hydrogens (tertiary/aromatic N) is 1. The zero-order valence-corrected chi connectivity index (χ0v) is 18.1. The van der Waals surface area contributed by atoms with E-state index in [9.17, 15) is 14.7 Å². The van der Waals surface area contributed by atoms with E-state index >= 15 is 0 Å². The van der Waals surface area contributed by atoms with Crippen molar-refractivity contribution in [1.29, 1.82) is 0 Å². The van der Waals surface area contributed by atoms with Gasteiger partial charge in [0.05, 0.1) is 11.6 Å². The third kappa shape index (κ3) is 3.07. The Hall–Kier alpha value is -3.86. The van der Waals surface area contributed by atoms with E-state index in [1.54, 1.807) is 4.90 Å². The van der Waals surface area contributed by atoms with E-state index in [-0.39, 0.29) is 17.4 Å². The predicted octanol–water partition coefficient (Wildman–Crippen LogP) is 5.69. The fourth-order valence-electron chi connectivity index (χ4n) is 5.53. The molecule has 2 fully saturated rings. The van der Waals surface area contributed by atoms with Gasteiger partial charge in [0.2, 0.25) is 0 Å². The van der Waals surface area contributed by atoms with Crippen LogP contribution in [0, 0.1) is 0 Å². The van der Waals surface area contributed by atoms with Gasteiger partial charge in [-0.1, -0.05) is 67.4 Å². The highest BCUT2D eigenvalue weighted by Gasteiger charge is 2.49. The largest absolute Gasteiger partial charge is 0.507 e. The first-order valence-corrected chi connectivity index (χ1v) is 11.5. The fourth-order valence-corrected chi connectivity index (χ4v) is 5.53. The smallest absolute Gasteiger partial charge is 0.295 e.